The molecule has 1 unspecified atom stereocenters. The number of primary amides is 1. The van der Waals surface area contributed by atoms with Crippen LogP contribution in [0.4, 0.5) is 0 Å². The Morgan fingerprint density at radius 2 is 1.86 bits per heavy atom. The number of nitrogens with two attached hydrogens (primary N) is 1. The van der Waals surface area contributed by atoms with Gasteiger partial charge in [-0.25, -0.2) is 4.98 Å². The van der Waals surface area contributed by atoms with Crippen LogP contribution in [0.2, 0.25) is 10.2 Å². The molecule has 0 spiro atoms. The first-order chi connectivity index (χ1) is 9.99. The molecule has 2 amide bonds. The maximum Gasteiger partial charge on any atom is 0.253 e. The second-order valence-corrected chi connectivity index (χ2v) is 4.98. The fourth-order valence-corrected chi connectivity index (χ4v) is 1.99. The summed E-state index contributed by atoms with van der Waals surface area (Å²) in [7, 11) is 0. The molecule has 108 valence electrons. The molecule has 0 fully saturated rings. The Morgan fingerprint density at radius 1 is 1.19 bits per heavy atom. The van der Waals surface area contributed by atoms with Crippen molar-refractivity contribution in [2.24, 2.45) is 5.73 Å². The summed E-state index contributed by atoms with van der Waals surface area (Å²) in [5.74, 6) is -1.18. The van der Waals surface area contributed by atoms with E-state index in [-0.39, 0.29) is 15.7 Å². The number of benzene rings is 1. The molecule has 3 N–H and O–H groups in total. The maximum atomic E-state index is 12.1. The van der Waals surface area contributed by atoms with Gasteiger partial charge in [0.2, 0.25) is 5.91 Å². The molecule has 21 heavy (non-hydrogen) atoms. The number of hydrogen-bond donors (Lipinski definition) is 2. The average molecular weight is 324 g/mol. The molecular weight excluding hydrogens is 313 g/mol. The summed E-state index contributed by atoms with van der Waals surface area (Å²) >= 11 is 11.5. The third-order valence-corrected chi connectivity index (χ3v) is 3.44. The molecule has 1 atom stereocenters. The number of carbonyl (C=O) groups is 2. The summed E-state index contributed by atoms with van der Waals surface area (Å²) in [5.41, 5.74) is 6.11. The summed E-state index contributed by atoms with van der Waals surface area (Å²) in [6.45, 7) is 0. The molecule has 2 rings (SSSR count). The maximum absolute atomic E-state index is 12.1. The van der Waals surface area contributed by atoms with E-state index < -0.39 is 17.9 Å². The number of halogens is 2. The van der Waals surface area contributed by atoms with Gasteiger partial charge in [0, 0.05) is 6.20 Å². The lowest BCUT2D eigenvalue weighted by molar-refractivity contribution is -0.120. The van der Waals surface area contributed by atoms with E-state index in [0.29, 0.717) is 5.56 Å². The monoisotopic (exact) mass is 323 g/mol. The van der Waals surface area contributed by atoms with Crippen molar-refractivity contribution >= 4 is 35.0 Å². The van der Waals surface area contributed by atoms with Crippen molar-refractivity contribution in [3.05, 3.63) is 63.9 Å². The van der Waals surface area contributed by atoms with E-state index in [1.54, 1.807) is 30.3 Å². The molecule has 0 aliphatic carbocycles. The van der Waals surface area contributed by atoms with Crippen molar-refractivity contribution in [1.82, 2.24) is 10.3 Å². The Balaban J connectivity index is 2.23. The van der Waals surface area contributed by atoms with Gasteiger partial charge in [0.15, 0.2) is 0 Å². The van der Waals surface area contributed by atoms with Crippen molar-refractivity contribution in [2.45, 2.75) is 6.04 Å². The third kappa shape index (κ3) is 3.71. The van der Waals surface area contributed by atoms with Crippen LogP contribution in [0.5, 0.6) is 0 Å². The Labute approximate surface area is 131 Å². The molecule has 0 aliphatic heterocycles. The summed E-state index contributed by atoms with van der Waals surface area (Å²) in [5, 5.41) is 2.79. The van der Waals surface area contributed by atoms with Crippen molar-refractivity contribution in [3.8, 4) is 0 Å². The van der Waals surface area contributed by atoms with Crippen LogP contribution in [0.15, 0.2) is 42.6 Å². The molecule has 1 aromatic carbocycles. The van der Waals surface area contributed by atoms with E-state index in [1.165, 1.54) is 12.3 Å². The van der Waals surface area contributed by atoms with Gasteiger partial charge >= 0.3 is 0 Å². The second-order valence-electron chi connectivity index (χ2n) is 4.22. The molecule has 0 aliphatic rings. The quantitative estimate of drug-likeness (QED) is 0.847. The SMILES string of the molecule is NC(=O)C(NC(=O)c1cnc(Cl)c(Cl)c1)c1ccccc1. The largest absolute Gasteiger partial charge is 0.368 e. The van der Waals surface area contributed by atoms with E-state index in [9.17, 15) is 9.59 Å². The van der Waals surface area contributed by atoms with Gasteiger partial charge in [0.1, 0.15) is 11.2 Å². The first-order valence-electron chi connectivity index (χ1n) is 5.95. The lowest BCUT2D eigenvalue weighted by Gasteiger charge is -2.15. The normalized spacial score (nSPS) is 11.7. The number of aromatic nitrogens is 1. The standard InChI is InChI=1S/C14H11Cl2N3O2/c15-10-6-9(7-18-12(10)16)14(21)19-11(13(17)20)8-4-2-1-3-5-8/h1-7,11H,(H2,17,20)(H,19,21). The first kappa shape index (κ1) is 15.3. The average Bonchev–Trinajstić information content (AvgIpc) is 2.48. The summed E-state index contributed by atoms with van der Waals surface area (Å²) in [6, 6.07) is 9.12. The van der Waals surface area contributed by atoms with Crippen molar-refractivity contribution < 1.29 is 9.59 Å². The highest BCUT2D eigenvalue weighted by atomic mass is 35.5. The van der Waals surface area contributed by atoms with Crippen LogP contribution in [0, 0.1) is 0 Å². The van der Waals surface area contributed by atoms with E-state index in [4.69, 9.17) is 28.9 Å². The Hall–Kier alpha value is -2.11. The molecule has 5 nitrogen and oxygen atoms in total. The minimum Gasteiger partial charge on any atom is -0.368 e. The molecule has 1 aromatic heterocycles. The van der Waals surface area contributed by atoms with Crippen LogP contribution in [0.1, 0.15) is 22.0 Å². The predicted octanol–water partition coefficient (Wildman–Crippen LogP) is 2.34. The van der Waals surface area contributed by atoms with Crippen LogP contribution in [0.3, 0.4) is 0 Å². The van der Waals surface area contributed by atoms with Crippen LogP contribution in [-0.2, 0) is 4.79 Å². The number of rotatable bonds is 4. The van der Waals surface area contributed by atoms with Crippen molar-refractivity contribution in [3.63, 3.8) is 0 Å². The number of nitrogens with zero attached hydrogens (tertiary/aromatic N) is 1. The van der Waals surface area contributed by atoms with Gasteiger partial charge in [-0.2, -0.15) is 0 Å². The molecule has 0 saturated carbocycles. The van der Waals surface area contributed by atoms with Crippen LogP contribution in [0.25, 0.3) is 0 Å². The summed E-state index contributed by atoms with van der Waals surface area (Å²) in [4.78, 5) is 27.4. The molecule has 7 heteroatoms. The van der Waals surface area contributed by atoms with E-state index in [1.807, 2.05) is 0 Å². The number of pyridine rings is 1. The van der Waals surface area contributed by atoms with Crippen molar-refractivity contribution in [1.29, 1.82) is 0 Å². The first-order valence-corrected chi connectivity index (χ1v) is 6.71. The van der Waals surface area contributed by atoms with Gasteiger partial charge in [-0.15, -0.1) is 0 Å². The topological polar surface area (TPSA) is 85.1 Å². The van der Waals surface area contributed by atoms with Crippen LogP contribution < -0.4 is 11.1 Å². The minimum absolute atomic E-state index is 0.0997. The van der Waals surface area contributed by atoms with Gasteiger partial charge in [-0.3, -0.25) is 9.59 Å². The van der Waals surface area contributed by atoms with Crippen LogP contribution in [-0.4, -0.2) is 16.8 Å². The molecule has 1 heterocycles. The Kier molecular flexibility index (Phi) is 4.77. The van der Waals surface area contributed by atoms with Gasteiger partial charge in [0.25, 0.3) is 5.91 Å². The fraction of sp³-hybridized carbons (Fsp3) is 0.0714. The molecule has 0 radical (unpaired) electrons. The molecule has 0 bridgehead atoms. The number of nitrogens with one attached hydrogen (secondary N) is 1. The highest BCUT2D eigenvalue weighted by Gasteiger charge is 2.21. The zero-order valence-electron chi connectivity index (χ0n) is 10.7. The minimum atomic E-state index is -0.937. The summed E-state index contributed by atoms with van der Waals surface area (Å²) < 4.78 is 0. The fourth-order valence-electron chi connectivity index (χ4n) is 1.72. The molecule has 2 aromatic rings. The Bertz CT molecular complexity index is 677. The highest BCUT2D eigenvalue weighted by molar-refractivity contribution is 6.41. The van der Waals surface area contributed by atoms with Crippen molar-refractivity contribution in [2.75, 3.05) is 0 Å². The Morgan fingerprint density at radius 3 is 2.43 bits per heavy atom. The zero-order chi connectivity index (χ0) is 15.4. The zero-order valence-corrected chi connectivity index (χ0v) is 12.2. The van der Waals surface area contributed by atoms with Gasteiger partial charge in [-0.05, 0) is 11.6 Å². The van der Waals surface area contributed by atoms with E-state index in [2.05, 4.69) is 10.3 Å². The lowest BCUT2D eigenvalue weighted by Crippen LogP contribution is -2.37. The van der Waals surface area contributed by atoms with Gasteiger partial charge in [0.05, 0.1) is 10.6 Å². The third-order valence-electron chi connectivity index (χ3n) is 2.75. The van der Waals surface area contributed by atoms with E-state index in [0.717, 1.165) is 0 Å². The second kappa shape index (κ2) is 6.56. The number of carbonyl (C=O) groups excluding carboxylic acids is 2. The molecular formula is C14H11Cl2N3O2. The number of amides is 2. The van der Waals surface area contributed by atoms with Gasteiger partial charge in [-0.1, -0.05) is 53.5 Å². The highest BCUT2D eigenvalue weighted by Crippen LogP contribution is 2.20. The lowest BCUT2D eigenvalue weighted by atomic mass is 10.1. The predicted molar refractivity (Wildman–Crippen MR) is 80.1 cm³/mol. The smallest absolute Gasteiger partial charge is 0.253 e. The number of hydrogen-bond acceptors (Lipinski definition) is 3. The van der Waals surface area contributed by atoms with Crippen LogP contribution >= 0.6 is 23.2 Å². The molecule has 0 saturated heterocycles. The van der Waals surface area contributed by atoms with E-state index >= 15 is 0 Å². The van der Waals surface area contributed by atoms with Gasteiger partial charge < -0.3 is 11.1 Å². The summed E-state index contributed by atoms with van der Waals surface area (Å²) in [6.07, 6.45) is 1.27.